The number of rotatable bonds is 3. The molecule has 1 aromatic heterocycles. The summed E-state index contributed by atoms with van der Waals surface area (Å²) < 4.78 is 27.4. The summed E-state index contributed by atoms with van der Waals surface area (Å²) in [5.41, 5.74) is 2.63. The van der Waals surface area contributed by atoms with E-state index >= 15 is 0 Å². The van der Waals surface area contributed by atoms with E-state index in [-0.39, 0.29) is 0 Å². The zero-order valence-corrected chi connectivity index (χ0v) is 14.6. The van der Waals surface area contributed by atoms with Crippen LogP contribution in [-0.4, -0.2) is 41.6 Å². The maximum Gasteiger partial charge on any atom is 0.211 e. The summed E-state index contributed by atoms with van der Waals surface area (Å²) in [5, 5.41) is 0. The zero-order chi connectivity index (χ0) is 15.9. The standard InChI is InChI=1S/C16H27N3O2S/c1-12-7-15-16(8-13(12)2)18(11-17-15)9-14-5-4-6-19(10-14)22(3,20)21/h11-14H,4-10H2,1-3H3. The number of nitrogens with zero attached hydrogens (tertiary/aromatic N) is 3. The fourth-order valence-corrected chi connectivity index (χ4v) is 4.72. The highest BCUT2D eigenvalue weighted by molar-refractivity contribution is 7.88. The minimum absolute atomic E-state index is 0.399. The molecule has 1 fully saturated rings. The van der Waals surface area contributed by atoms with Crippen molar-refractivity contribution >= 4 is 10.0 Å². The summed E-state index contributed by atoms with van der Waals surface area (Å²) in [4.78, 5) is 4.61. The molecule has 3 unspecified atom stereocenters. The third-order valence-electron chi connectivity index (χ3n) is 5.44. The van der Waals surface area contributed by atoms with Crippen LogP contribution in [0.15, 0.2) is 6.33 Å². The Morgan fingerprint density at radius 3 is 2.73 bits per heavy atom. The van der Waals surface area contributed by atoms with E-state index in [0.717, 1.165) is 32.2 Å². The number of hydrogen-bond acceptors (Lipinski definition) is 3. The summed E-state index contributed by atoms with van der Waals surface area (Å²) in [6.07, 6.45) is 7.52. The Labute approximate surface area is 133 Å². The lowest BCUT2D eigenvalue weighted by Crippen LogP contribution is -2.40. The maximum absolute atomic E-state index is 11.8. The molecule has 0 amide bonds. The summed E-state index contributed by atoms with van der Waals surface area (Å²) in [7, 11) is -3.06. The molecule has 1 aromatic rings. The van der Waals surface area contributed by atoms with Gasteiger partial charge in [-0.2, -0.15) is 0 Å². The Morgan fingerprint density at radius 1 is 1.27 bits per heavy atom. The third-order valence-corrected chi connectivity index (χ3v) is 6.71. The first-order chi connectivity index (χ1) is 10.3. The SMILES string of the molecule is CC1Cc2ncn(CC3CCCN(S(C)(=O)=O)C3)c2CC1C. The number of fused-ring (bicyclic) bond motifs is 1. The topological polar surface area (TPSA) is 55.2 Å². The van der Waals surface area contributed by atoms with Gasteiger partial charge in [-0.1, -0.05) is 13.8 Å². The molecule has 1 aliphatic carbocycles. The number of piperidine rings is 1. The molecular weight excluding hydrogens is 298 g/mol. The molecule has 3 rings (SSSR count). The first-order valence-corrected chi connectivity index (χ1v) is 10.2. The predicted octanol–water partition coefficient (Wildman–Crippen LogP) is 1.93. The molecule has 22 heavy (non-hydrogen) atoms. The van der Waals surface area contributed by atoms with Crippen molar-refractivity contribution in [1.82, 2.24) is 13.9 Å². The molecule has 1 aliphatic heterocycles. The molecule has 6 heteroatoms. The molecule has 0 radical (unpaired) electrons. The van der Waals surface area contributed by atoms with Crippen LogP contribution in [0, 0.1) is 17.8 Å². The first-order valence-electron chi connectivity index (χ1n) is 8.32. The van der Waals surface area contributed by atoms with Crippen molar-refractivity contribution in [3.05, 3.63) is 17.7 Å². The van der Waals surface area contributed by atoms with Crippen LogP contribution < -0.4 is 0 Å². The summed E-state index contributed by atoms with van der Waals surface area (Å²) >= 11 is 0. The van der Waals surface area contributed by atoms with Gasteiger partial charge in [0.1, 0.15) is 0 Å². The molecule has 3 atom stereocenters. The normalized spacial score (nSPS) is 30.2. The maximum atomic E-state index is 11.8. The van der Waals surface area contributed by atoms with Gasteiger partial charge in [0.15, 0.2) is 0 Å². The molecule has 0 aromatic carbocycles. The van der Waals surface area contributed by atoms with Gasteiger partial charge in [-0.05, 0) is 43.4 Å². The van der Waals surface area contributed by atoms with Crippen molar-refractivity contribution in [2.45, 2.75) is 46.1 Å². The van der Waals surface area contributed by atoms with E-state index in [0.29, 0.717) is 30.8 Å². The highest BCUT2D eigenvalue weighted by atomic mass is 32.2. The monoisotopic (exact) mass is 325 g/mol. The van der Waals surface area contributed by atoms with E-state index in [4.69, 9.17) is 0 Å². The van der Waals surface area contributed by atoms with E-state index in [1.807, 2.05) is 6.33 Å². The van der Waals surface area contributed by atoms with Gasteiger partial charge in [0, 0.05) is 25.3 Å². The van der Waals surface area contributed by atoms with Gasteiger partial charge in [-0.15, -0.1) is 0 Å². The Morgan fingerprint density at radius 2 is 2.00 bits per heavy atom. The van der Waals surface area contributed by atoms with Gasteiger partial charge in [0.2, 0.25) is 10.0 Å². The van der Waals surface area contributed by atoms with Crippen molar-refractivity contribution in [2.75, 3.05) is 19.3 Å². The van der Waals surface area contributed by atoms with E-state index in [2.05, 4.69) is 23.4 Å². The highest BCUT2D eigenvalue weighted by Crippen LogP contribution is 2.30. The van der Waals surface area contributed by atoms with Gasteiger partial charge < -0.3 is 4.57 Å². The summed E-state index contributed by atoms with van der Waals surface area (Å²) in [5.74, 6) is 1.80. The van der Waals surface area contributed by atoms with Gasteiger partial charge in [-0.3, -0.25) is 0 Å². The fraction of sp³-hybridized carbons (Fsp3) is 0.812. The van der Waals surface area contributed by atoms with Crippen LogP contribution in [0.1, 0.15) is 38.1 Å². The molecule has 2 heterocycles. The van der Waals surface area contributed by atoms with E-state index in [1.54, 1.807) is 4.31 Å². The smallest absolute Gasteiger partial charge is 0.211 e. The van der Waals surface area contributed by atoms with Gasteiger partial charge >= 0.3 is 0 Å². The van der Waals surface area contributed by atoms with Gasteiger partial charge in [0.25, 0.3) is 0 Å². The molecule has 0 spiro atoms. The summed E-state index contributed by atoms with van der Waals surface area (Å²) in [6.45, 7) is 6.84. The second-order valence-electron chi connectivity index (χ2n) is 7.28. The average molecular weight is 325 g/mol. The fourth-order valence-electron chi connectivity index (χ4n) is 3.78. The van der Waals surface area contributed by atoms with Gasteiger partial charge in [0.05, 0.1) is 18.3 Å². The highest BCUT2D eigenvalue weighted by Gasteiger charge is 2.29. The number of hydrogen-bond donors (Lipinski definition) is 0. The van der Waals surface area contributed by atoms with Crippen molar-refractivity contribution in [2.24, 2.45) is 17.8 Å². The largest absolute Gasteiger partial charge is 0.334 e. The lowest BCUT2D eigenvalue weighted by Gasteiger charge is -2.32. The molecule has 1 saturated heterocycles. The van der Waals surface area contributed by atoms with Crippen molar-refractivity contribution in [3.63, 3.8) is 0 Å². The molecule has 0 saturated carbocycles. The minimum atomic E-state index is -3.06. The van der Waals surface area contributed by atoms with Crippen LogP contribution in [0.3, 0.4) is 0 Å². The van der Waals surface area contributed by atoms with Crippen molar-refractivity contribution < 1.29 is 8.42 Å². The van der Waals surface area contributed by atoms with E-state index in [9.17, 15) is 8.42 Å². The van der Waals surface area contributed by atoms with Crippen molar-refractivity contribution in [3.8, 4) is 0 Å². The lowest BCUT2D eigenvalue weighted by atomic mass is 9.82. The molecule has 5 nitrogen and oxygen atoms in total. The van der Waals surface area contributed by atoms with Gasteiger partial charge in [-0.25, -0.2) is 17.7 Å². The van der Waals surface area contributed by atoms with Crippen LogP contribution in [0.25, 0.3) is 0 Å². The Balaban J connectivity index is 1.72. The van der Waals surface area contributed by atoms with E-state index in [1.165, 1.54) is 17.6 Å². The van der Waals surface area contributed by atoms with Crippen LogP contribution in [0.5, 0.6) is 0 Å². The van der Waals surface area contributed by atoms with Crippen LogP contribution >= 0.6 is 0 Å². The zero-order valence-electron chi connectivity index (χ0n) is 13.8. The van der Waals surface area contributed by atoms with Crippen LogP contribution in [0.4, 0.5) is 0 Å². The van der Waals surface area contributed by atoms with E-state index < -0.39 is 10.0 Å². The molecule has 2 aliphatic rings. The Kier molecular flexibility index (Phi) is 4.34. The predicted molar refractivity (Wildman–Crippen MR) is 87.1 cm³/mol. The van der Waals surface area contributed by atoms with Crippen LogP contribution in [0.2, 0.25) is 0 Å². The average Bonchev–Trinajstić information content (AvgIpc) is 2.81. The molecule has 0 bridgehead atoms. The lowest BCUT2D eigenvalue weighted by molar-refractivity contribution is 0.242. The summed E-state index contributed by atoms with van der Waals surface area (Å²) in [6, 6.07) is 0. The number of imidazole rings is 1. The second-order valence-corrected chi connectivity index (χ2v) is 9.26. The minimum Gasteiger partial charge on any atom is -0.334 e. The number of sulfonamides is 1. The first kappa shape index (κ1) is 16.0. The quantitative estimate of drug-likeness (QED) is 0.853. The second kappa shape index (κ2) is 5.96. The number of aromatic nitrogens is 2. The Bertz CT molecular complexity index is 638. The van der Waals surface area contributed by atoms with Crippen molar-refractivity contribution in [1.29, 1.82) is 0 Å². The molecule has 124 valence electrons. The molecule has 0 N–H and O–H groups in total. The molecular formula is C16H27N3O2S. The third kappa shape index (κ3) is 3.23. The van der Waals surface area contributed by atoms with Crippen LogP contribution in [-0.2, 0) is 29.4 Å². The Hall–Kier alpha value is -0.880.